The monoisotopic (exact) mass is 401 g/mol. The Balaban J connectivity index is 2.13. The van der Waals surface area contributed by atoms with E-state index in [1.54, 1.807) is 13.2 Å². The van der Waals surface area contributed by atoms with Crippen LogP contribution in [0.5, 0.6) is 5.75 Å². The molecule has 1 unspecified atom stereocenters. The third-order valence-electron chi connectivity index (χ3n) is 4.19. The number of benzene rings is 2. The number of rotatable bonds is 7. The first-order valence-electron chi connectivity index (χ1n) is 7.77. The summed E-state index contributed by atoms with van der Waals surface area (Å²) in [5, 5.41) is 0.531. The van der Waals surface area contributed by atoms with Crippen molar-refractivity contribution in [3.05, 3.63) is 58.1 Å². The predicted molar refractivity (Wildman–Crippen MR) is 103 cm³/mol. The van der Waals surface area contributed by atoms with Crippen LogP contribution in [-0.4, -0.2) is 39.8 Å². The maximum absolute atomic E-state index is 12.6. The van der Waals surface area contributed by atoms with Gasteiger partial charge in [0.15, 0.2) is 9.84 Å². The van der Waals surface area contributed by atoms with Crippen LogP contribution >= 0.6 is 23.2 Å². The third-order valence-corrected chi connectivity index (χ3v) is 6.60. The number of para-hydroxylation sites is 1. The quantitative estimate of drug-likeness (QED) is 0.686. The number of hydrogen-bond acceptors (Lipinski definition) is 4. The van der Waals surface area contributed by atoms with Crippen LogP contribution in [0.2, 0.25) is 10.0 Å². The minimum Gasteiger partial charge on any atom is -0.496 e. The van der Waals surface area contributed by atoms with E-state index in [0.717, 1.165) is 11.3 Å². The highest BCUT2D eigenvalue weighted by molar-refractivity contribution is 7.91. The molecule has 0 radical (unpaired) electrons. The molecule has 0 spiro atoms. The van der Waals surface area contributed by atoms with Crippen LogP contribution in [0.1, 0.15) is 18.5 Å². The topological polar surface area (TPSA) is 46.6 Å². The van der Waals surface area contributed by atoms with Crippen LogP contribution in [0.15, 0.2) is 47.4 Å². The number of nitrogens with zero attached hydrogens (tertiary/aromatic N) is 1. The van der Waals surface area contributed by atoms with E-state index in [0.29, 0.717) is 11.6 Å². The fraction of sp³-hybridized carbons (Fsp3) is 0.333. The van der Waals surface area contributed by atoms with Crippen molar-refractivity contribution in [1.29, 1.82) is 0 Å². The Hall–Kier alpha value is -1.27. The Morgan fingerprint density at radius 1 is 1.16 bits per heavy atom. The largest absolute Gasteiger partial charge is 0.496 e. The molecule has 0 heterocycles. The molecule has 25 heavy (non-hydrogen) atoms. The molecule has 2 aromatic carbocycles. The highest BCUT2D eigenvalue weighted by atomic mass is 35.5. The molecule has 0 N–H and O–H groups in total. The van der Waals surface area contributed by atoms with Gasteiger partial charge in [0.2, 0.25) is 0 Å². The van der Waals surface area contributed by atoms with Gasteiger partial charge in [-0.3, -0.25) is 4.90 Å². The summed E-state index contributed by atoms with van der Waals surface area (Å²) in [6.45, 7) is 2.36. The first kappa shape index (κ1) is 20.0. The van der Waals surface area contributed by atoms with Gasteiger partial charge in [-0.05, 0) is 38.2 Å². The molecule has 0 saturated carbocycles. The van der Waals surface area contributed by atoms with Gasteiger partial charge in [0.1, 0.15) is 5.75 Å². The zero-order valence-electron chi connectivity index (χ0n) is 14.4. The van der Waals surface area contributed by atoms with E-state index in [-0.39, 0.29) is 21.7 Å². The van der Waals surface area contributed by atoms with Gasteiger partial charge in [-0.15, -0.1) is 0 Å². The second kappa shape index (κ2) is 8.41. The van der Waals surface area contributed by atoms with Crippen molar-refractivity contribution < 1.29 is 13.2 Å². The molecule has 7 heteroatoms. The number of hydrogen-bond donors (Lipinski definition) is 0. The van der Waals surface area contributed by atoms with E-state index in [9.17, 15) is 8.42 Å². The maximum atomic E-state index is 12.6. The van der Waals surface area contributed by atoms with Gasteiger partial charge in [0.25, 0.3) is 0 Å². The SMILES string of the molecule is COc1ccccc1C(C)N(C)CCS(=O)(=O)c1cc(Cl)ccc1Cl. The highest BCUT2D eigenvalue weighted by Gasteiger charge is 2.22. The van der Waals surface area contributed by atoms with E-state index < -0.39 is 9.84 Å². The average Bonchev–Trinajstić information content (AvgIpc) is 2.61. The predicted octanol–water partition coefficient (Wildman–Crippen LogP) is 4.47. The molecule has 2 rings (SSSR count). The smallest absolute Gasteiger partial charge is 0.181 e. The standard InChI is InChI=1S/C18H21Cl2NO3S/c1-13(15-6-4-5-7-17(15)24-3)21(2)10-11-25(22,23)18-12-14(19)8-9-16(18)20/h4-9,12-13H,10-11H2,1-3H3. The van der Waals surface area contributed by atoms with Gasteiger partial charge in [0, 0.05) is 23.2 Å². The summed E-state index contributed by atoms with van der Waals surface area (Å²) in [5.74, 6) is 0.728. The van der Waals surface area contributed by atoms with Gasteiger partial charge in [-0.25, -0.2) is 8.42 Å². The van der Waals surface area contributed by atoms with Crippen molar-refractivity contribution in [3.8, 4) is 5.75 Å². The van der Waals surface area contributed by atoms with Crippen molar-refractivity contribution in [2.75, 3.05) is 26.5 Å². The summed E-state index contributed by atoms with van der Waals surface area (Å²) in [5.41, 5.74) is 1.01. The first-order valence-corrected chi connectivity index (χ1v) is 10.2. The summed E-state index contributed by atoms with van der Waals surface area (Å²) in [6.07, 6.45) is 0. The van der Waals surface area contributed by atoms with Crippen molar-refractivity contribution >= 4 is 33.0 Å². The Morgan fingerprint density at radius 3 is 2.52 bits per heavy atom. The zero-order valence-corrected chi connectivity index (χ0v) is 16.7. The third kappa shape index (κ3) is 4.88. The summed E-state index contributed by atoms with van der Waals surface area (Å²) in [7, 11) is -0.0259. The fourth-order valence-corrected chi connectivity index (χ4v) is 4.66. The normalized spacial score (nSPS) is 13.0. The maximum Gasteiger partial charge on any atom is 0.181 e. The van der Waals surface area contributed by atoms with Crippen LogP contribution in [0.3, 0.4) is 0 Å². The van der Waals surface area contributed by atoms with Gasteiger partial charge in [-0.1, -0.05) is 41.4 Å². The van der Waals surface area contributed by atoms with E-state index in [4.69, 9.17) is 27.9 Å². The van der Waals surface area contributed by atoms with Gasteiger partial charge < -0.3 is 4.74 Å². The molecule has 4 nitrogen and oxygen atoms in total. The Kier molecular flexibility index (Phi) is 6.74. The molecule has 136 valence electrons. The lowest BCUT2D eigenvalue weighted by Gasteiger charge is -2.26. The van der Waals surface area contributed by atoms with Crippen molar-refractivity contribution in [2.45, 2.75) is 17.9 Å². The minimum atomic E-state index is -3.53. The van der Waals surface area contributed by atoms with Crippen molar-refractivity contribution in [2.24, 2.45) is 0 Å². The van der Waals surface area contributed by atoms with E-state index in [1.165, 1.54) is 12.1 Å². The summed E-state index contributed by atoms with van der Waals surface area (Å²) >= 11 is 11.9. The van der Waals surface area contributed by atoms with Gasteiger partial charge in [-0.2, -0.15) is 0 Å². The fourth-order valence-electron chi connectivity index (χ4n) is 2.53. The van der Waals surface area contributed by atoms with E-state index in [2.05, 4.69) is 0 Å². The van der Waals surface area contributed by atoms with Crippen molar-refractivity contribution in [1.82, 2.24) is 4.90 Å². The van der Waals surface area contributed by atoms with E-state index >= 15 is 0 Å². The van der Waals surface area contributed by atoms with Crippen LogP contribution in [-0.2, 0) is 9.84 Å². The van der Waals surface area contributed by atoms with Crippen LogP contribution in [0, 0.1) is 0 Å². The lowest BCUT2D eigenvalue weighted by molar-refractivity contribution is 0.269. The van der Waals surface area contributed by atoms with Gasteiger partial charge >= 0.3 is 0 Å². The molecular weight excluding hydrogens is 381 g/mol. The van der Waals surface area contributed by atoms with Crippen molar-refractivity contribution in [3.63, 3.8) is 0 Å². The first-order chi connectivity index (χ1) is 11.8. The number of halogens is 2. The molecule has 0 fully saturated rings. The van der Waals surface area contributed by atoms with Crippen LogP contribution < -0.4 is 4.74 Å². The summed E-state index contributed by atoms with van der Waals surface area (Å²) < 4.78 is 30.6. The molecule has 2 aromatic rings. The number of sulfone groups is 1. The number of methoxy groups -OCH3 is 1. The molecule has 0 bridgehead atoms. The minimum absolute atomic E-state index is 0.00110. The highest BCUT2D eigenvalue weighted by Crippen LogP contribution is 2.29. The molecule has 0 amide bonds. The number of ether oxygens (including phenoxy) is 1. The second-order valence-corrected chi connectivity index (χ2v) is 8.71. The molecule has 0 aliphatic rings. The molecule has 1 atom stereocenters. The van der Waals surface area contributed by atoms with Crippen LogP contribution in [0.25, 0.3) is 0 Å². The summed E-state index contributed by atoms with van der Waals surface area (Å²) in [6, 6.07) is 12.2. The Labute approximate surface area is 159 Å². The zero-order chi connectivity index (χ0) is 18.6. The lowest BCUT2D eigenvalue weighted by Crippen LogP contribution is -2.28. The van der Waals surface area contributed by atoms with Gasteiger partial charge in [0.05, 0.1) is 22.8 Å². The lowest BCUT2D eigenvalue weighted by atomic mass is 10.1. The molecule has 0 aliphatic heterocycles. The Bertz CT molecular complexity index is 840. The molecule has 0 saturated heterocycles. The second-order valence-electron chi connectivity index (χ2n) is 5.79. The Morgan fingerprint density at radius 2 is 1.84 bits per heavy atom. The summed E-state index contributed by atoms with van der Waals surface area (Å²) in [4.78, 5) is 2.04. The molecule has 0 aromatic heterocycles. The molecular formula is C18H21Cl2NO3S. The van der Waals surface area contributed by atoms with Crippen LogP contribution in [0.4, 0.5) is 0 Å². The average molecular weight is 402 g/mol. The van der Waals surface area contributed by atoms with E-state index in [1.807, 2.05) is 43.1 Å². The molecule has 0 aliphatic carbocycles.